The van der Waals surface area contributed by atoms with Crippen molar-refractivity contribution >= 4 is 6.09 Å². The van der Waals surface area contributed by atoms with E-state index in [4.69, 9.17) is 4.74 Å². The number of ether oxygens (including phenoxy) is 1. The second-order valence-electron chi connectivity index (χ2n) is 5.49. The lowest BCUT2D eigenvalue weighted by atomic mass is 10.2. The fraction of sp³-hybridized carbons (Fsp3) is 0.533. The molecular weight excluding hydrogens is 240 g/mol. The van der Waals surface area contributed by atoms with Crippen LogP contribution in [0.1, 0.15) is 20.8 Å². The molecule has 4 heteroatoms. The van der Waals surface area contributed by atoms with Crippen LogP contribution < -0.4 is 0 Å². The van der Waals surface area contributed by atoms with Crippen LogP contribution in [0.2, 0.25) is 0 Å². The minimum Gasteiger partial charge on any atom is -0.444 e. The first kappa shape index (κ1) is 15.3. The average Bonchev–Trinajstić information content (AvgIpc) is 2.34. The van der Waals surface area contributed by atoms with Crippen molar-refractivity contribution < 1.29 is 9.53 Å². The molecule has 1 fully saturated rings. The van der Waals surface area contributed by atoms with E-state index < -0.39 is 5.60 Å². The lowest BCUT2D eigenvalue weighted by molar-refractivity contribution is 0.0171. The molecule has 1 amide bonds. The number of allylic oxidation sites excluding steroid dienone is 3. The van der Waals surface area contributed by atoms with E-state index in [-0.39, 0.29) is 6.09 Å². The van der Waals surface area contributed by atoms with E-state index in [0.29, 0.717) is 13.1 Å². The fourth-order valence-corrected chi connectivity index (χ4v) is 1.90. The van der Waals surface area contributed by atoms with Crippen molar-refractivity contribution in [2.45, 2.75) is 26.4 Å². The van der Waals surface area contributed by atoms with Crippen molar-refractivity contribution in [2.24, 2.45) is 0 Å². The van der Waals surface area contributed by atoms with Crippen molar-refractivity contribution in [3.05, 3.63) is 37.1 Å². The second kappa shape index (κ2) is 6.45. The van der Waals surface area contributed by atoms with Gasteiger partial charge >= 0.3 is 6.09 Å². The van der Waals surface area contributed by atoms with Gasteiger partial charge in [0.25, 0.3) is 0 Å². The van der Waals surface area contributed by atoms with Gasteiger partial charge in [0.2, 0.25) is 0 Å². The predicted molar refractivity (Wildman–Crippen MR) is 77.9 cm³/mol. The summed E-state index contributed by atoms with van der Waals surface area (Å²) in [6, 6.07) is 0. The van der Waals surface area contributed by atoms with Crippen LogP contribution in [0.3, 0.4) is 0 Å². The maximum absolute atomic E-state index is 11.9. The third-order valence-electron chi connectivity index (χ3n) is 2.79. The lowest BCUT2D eigenvalue weighted by Crippen LogP contribution is -2.49. The fourth-order valence-electron chi connectivity index (χ4n) is 1.90. The number of nitrogens with zero attached hydrogens (tertiary/aromatic N) is 2. The van der Waals surface area contributed by atoms with E-state index in [0.717, 1.165) is 18.8 Å². The van der Waals surface area contributed by atoms with Crippen LogP contribution in [0, 0.1) is 0 Å². The molecule has 1 saturated heterocycles. The monoisotopic (exact) mass is 264 g/mol. The number of carbonyl (C=O) groups excluding carboxylic acids is 1. The molecule has 4 nitrogen and oxygen atoms in total. The Hall–Kier alpha value is -1.71. The van der Waals surface area contributed by atoms with Gasteiger partial charge in [0.1, 0.15) is 5.60 Å². The number of carbonyl (C=O) groups is 1. The van der Waals surface area contributed by atoms with E-state index in [9.17, 15) is 4.79 Å². The third-order valence-corrected chi connectivity index (χ3v) is 2.79. The summed E-state index contributed by atoms with van der Waals surface area (Å²) in [4.78, 5) is 15.9. The summed E-state index contributed by atoms with van der Waals surface area (Å²) in [6.45, 7) is 16.0. The summed E-state index contributed by atoms with van der Waals surface area (Å²) in [5, 5.41) is 0. The Balaban J connectivity index is 2.53. The van der Waals surface area contributed by atoms with Crippen molar-refractivity contribution in [3.63, 3.8) is 0 Å². The van der Waals surface area contributed by atoms with E-state index in [1.807, 2.05) is 32.9 Å². The number of hydrogen-bond acceptors (Lipinski definition) is 3. The van der Waals surface area contributed by atoms with Gasteiger partial charge in [-0.25, -0.2) is 4.79 Å². The molecule has 0 aromatic carbocycles. The first-order valence-electron chi connectivity index (χ1n) is 6.55. The predicted octanol–water partition coefficient (Wildman–Crippen LogP) is 2.80. The number of piperazine rings is 1. The zero-order valence-electron chi connectivity index (χ0n) is 12.2. The van der Waals surface area contributed by atoms with E-state index in [2.05, 4.69) is 18.1 Å². The van der Waals surface area contributed by atoms with Crippen LogP contribution in [0.4, 0.5) is 4.79 Å². The van der Waals surface area contributed by atoms with Crippen LogP contribution in [0.15, 0.2) is 37.1 Å². The smallest absolute Gasteiger partial charge is 0.410 e. The molecule has 0 radical (unpaired) electrons. The highest BCUT2D eigenvalue weighted by Crippen LogP contribution is 2.14. The van der Waals surface area contributed by atoms with Crippen molar-refractivity contribution in [2.75, 3.05) is 26.2 Å². The number of amides is 1. The van der Waals surface area contributed by atoms with Crippen LogP contribution in [0.25, 0.3) is 0 Å². The SMILES string of the molecule is C=C/C=C(\C=C)N1CCN(C(=O)OC(C)(C)C)CC1. The summed E-state index contributed by atoms with van der Waals surface area (Å²) >= 11 is 0. The molecule has 0 atom stereocenters. The summed E-state index contributed by atoms with van der Waals surface area (Å²) in [5.74, 6) is 0. The molecule has 19 heavy (non-hydrogen) atoms. The minimum atomic E-state index is -0.441. The minimum absolute atomic E-state index is 0.236. The molecule has 0 saturated carbocycles. The molecule has 0 aromatic heterocycles. The summed E-state index contributed by atoms with van der Waals surface area (Å²) < 4.78 is 5.36. The Morgan fingerprint density at radius 3 is 2.05 bits per heavy atom. The normalized spacial score (nSPS) is 17.1. The highest BCUT2D eigenvalue weighted by molar-refractivity contribution is 5.68. The molecule has 1 aliphatic heterocycles. The van der Waals surface area contributed by atoms with Crippen LogP contribution in [-0.4, -0.2) is 47.7 Å². The molecule has 0 spiro atoms. The summed E-state index contributed by atoms with van der Waals surface area (Å²) in [7, 11) is 0. The number of hydrogen-bond donors (Lipinski definition) is 0. The van der Waals surface area contributed by atoms with Gasteiger partial charge < -0.3 is 14.5 Å². The van der Waals surface area contributed by atoms with Crippen LogP contribution in [-0.2, 0) is 4.74 Å². The Morgan fingerprint density at radius 2 is 1.63 bits per heavy atom. The first-order chi connectivity index (χ1) is 8.87. The third kappa shape index (κ3) is 4.81. The quantitative estimate of drug-likeness (QED) is 0.735. The Labute approximate surface area is 116 Å². The molecule has 0 aromatic rings. The van der Waals surface area contributed by atoms with E-state index in [1.165, 1.54) is 0 Å². The largest absolute Gasteiger partial charge is 0.444 e. The molecule has 0 aliphatic carbocycles. The van der Waals surface area contributed by atoms with Gasteiger partial charge in [-0.15, -0.1) is 0 Å². The molecule has 0 bridgehead atoms. The standard InChI is InChI=1S/C15H24N2O2/c1-6-8-13(7-2)16-9-11-17(12-10-16)14(18)19-15(3,4)5/h6-8H,1-2,9-12H2,3-5H3/b13-8+. The Morgan fingerprint density at radius 1 is 1.11 bits per heavy atom. The molecular formula is C15H24N2O2. The molecule has 1 rings (SSSR count). The molecule has 1 aliphatic rings. The van der Waals surface area contributed by atoms with Gasteiger partial charge in [0.05, 0.1) is 0 Å². The highest BCUT2D eigenvalue weighted by atomic mass is 16.6. The van der Waals surface area contributed by atoms with Crippen molar-refractivity contribution in [3.8, 4) is 0 Å². The van der Waals surface area contributed by atoms with Gasteiger partial charge in [0, 0.05) is 31.9 Å². The first-order valence-corrected chi connectivity index (χ1v) is 6.55. The van der Waals surface area contributed by atoms with Gasteiger partial charge in [-0.1, -0.05) is 19.2 Å². The molecule has 0 unspecified atom stereocenters. The van der Waals surface area contributed by atoms with Gasteiger partial charge in [-0.2, -0.15) is 0 Å². The highest BCUT2D eigenvalue weighted by Gasteiger charge is 2.25. The summed E-state index contributed by atoms with van der Waals surface area (Å²) in [6.07, 6.45) is 5.25. The molecule has 106 valence electrons. The average molecular weight is 264 g/mol. The van der Waals surface area contributed by atoms with Gasteiger partial charge in [0.15, 0.2) is 0 Å². The summed E-state index contributed by atoms with van der Waals surface area (Å²) in [5.41, 5.74) is 0.599. The Kier molecular flexibility index (Phi) is 5.21. The van der Waals surface area contributed by atoms with Crippen molar-refractivity contribution in [1.29, 1.82) is 0 Å². The van der Waals surface area contributed by atoms with Gasteiger partial charge in [-0.3, -0.25) is 0 Å². The van der Waals surface area contributed by atoms with Crippen molar-refractivity contribution in [1.82, 2.24) is 9.80 Å². The zero-order chi connectivity index (χ0) is 14.5. The maximum Gasteiger partial charge on any atom is 0.410 e. The Bertz CT molecular complexity index is 372. The lowest BCUT2D eigenvalue weighted by Gasteiger charge is -2.37. The van der Waals surface area contributed by atoms with Gasteiger partial charge in [-0.05, 0) is 32.9 Å². The zero-order valence-corrected chi connectivity index (χ0v) is 12.2. The second-order valence-corrected chi connectivity index (χ2v) is 5.49. The van der Waals surface area contributed by atoms with Crippen LogP contribution >= 0.6 is 0 Å². The van der Waals surface area contributed by atoms with Crippen LogP contribution in [0.5, 0.6) is 0 Å². The number of rotatable bonds is 3. The maximum atomic E-state index is 11.9. The van der Waals surface area contributed by atoms with E-state index >= 15 is 0 Å². The topological polar surface area (TPSA) is 32.8 Å². The molecule has 1 heterocycles. The van der Waals surface area contributed by atoms with E-state index in [1.54, 1.807) is 11.0 Å². The molecule has 0 N–H and O–H groups in total.